The predicted octanol–water partition coefficient (Wildman–Crippen LogP) is 2.02. The third-order valence-electron chi connectivity index (χ3n) is 2.31. The minimum atomic E-state index is -0.530. The van der Waals surface area contributed by atoms with Gasteiger partial charge in [-0.15, -0.1) is 11.6 Å². The lowest BCUT2D eigenvalue weighted by Gasteiger charge is -2.21. The Morgan fingerprint density at radius 2 is 2.18 bits per heavy atom. The first-order valence-corrected chi connectivity index (χ1v) is 5.97. The number of alkyl halides is 1. The van der Waals surface area contributed by atoms with Gasteiger partial charge < -0.3 is 5.32 Å². The quantitative estimate of drug-likeness (QED) is 0.841. The van der Waals surface area contributed by atoms with Gasteiger partial charge in [-0.05, 0) is 6.92 Å². The fourth-order valence-electron chi connectivity index (χ4n) is 1.49. The lowest BCUT2D eigenvalue weighted by molar-refractivity contribution is -0.120. The molecule has 0 radical (unpaired) electrons. The van der Waals surface area contributed by atoms with Gasteiger partial charge in [0.2, 0.25) is 5.91 Å². The number of halogens is 1. The number of nitrogens with one attached hydrogen (secondary N) is 1. The van der Waals surface area contributed by atoms with E-state index in [2.05, 4.69) is 36.1 Å². The highest BCUT2D eigenvalue weighted by atomic mass is 35.5. The Labute approximate surface area is 107 Å². The van der Waals surface area contributed by atoms with Crippen molar-refractivity contribution in [3.63, 3.8) is 0 Å². The Morgan fingerprint density at radius 3 is 2.71 bits per heavy atom. The van der Waals surface area contributed by atoms with Gasteiger partial charge in [0.1, 0.15) is 11.7 Å². The molecule has 1 heterocycles. The van der Waals surface area contributed by atoms with Crippen molar-refractivity contribution in [2.75, 3.05) is 0 Å². The second-order valence-corrected chi connectivity index (χ2v) is 5.64. The van der Waals surface area contributed by atoms with Gasteiger partial charge in [-0.1, -0.05) is 20.8 Å². The molecule has 1 N–H and O–H groups in total. The van der Waals surface area contributed by atoms with E-state index in [0.29, 0.717) is 6.54 Å². The Morgan fingerprint density at radius 1 is 1.53 bits per heavy atom. The van der Waals surface area contributed by atoms with Crippen molar-refractivity contribution >= 4 is 17.5 Å². The molecule has 1 aromatic heterocycles. The summed E-state index contributed by atoms with van der Waals surface area (Å²) in [5.74, 6) is -0.185. The molecule has 1 aromatic rings. The van der Waals surface area contributed by atoms with Crippen LogP contribution < -0.4 is 5.32 Å². The van der Waals surface area contributed by atoms with Crippen LogP contribution in [0.2, 0.25) is 0 Å². The highest BCUT2D eigenvalue weighted by molar-refractivity contribution is 6.30. The van der Waals surface area contributed by atoms with Crippen LogP contribution in [0.3, 0.4) is 0 Å². The highest BCUT2D eigenvalue weighted by Crippen LogP contribution is 2.22. The molecule has 17 heavy (non-hydrogen) atoms. The maximum absolute atomic E-state index is 11.4. The summed E-state index contributed by atoms with van der Waals surface area (Å²) in [6.07, 6.45) is 3.25. The van der Waals surface area contributed by atoms with Gasteiger partial charge >= 0.3 is 0 Å². The zero-order valence-electron chi connectivity index (χ0n) is 10.6. The number of carbonyl (C=O) groups is 1. The predicted molar refractivity (Wildman–Crippen MR) is 67.9 cm³/mol. The van der Waals surface area contributed by atoms with E-state index in [1.165, 1.54) is 6.33 Å². The van der Waals surface area contributed by atoms with E-state index in [1.807, 2.05) is 0 Å². The molecule has 0 saturated heterocycles. The fraction of sp³-hybridized carbons (Fsp3) is 0.583. The lowest BCUT2D eigenvalue weighted by Crippen LogP contribution is -2.30. The zero-order chi connectivity index (χ0) is 13.1. The van der Waals surface area contributed by atoms with Crippen LogP contribution in [0.4, 0.5) is 0 Å². The molecule has 4 nitrogen and oxygen atoms in total. The van der Waals surface area contributed by atoms with Gasteiger partial charge in [-0.2, -0.15) is 0 Å². The van der Waals surface area contributed by atoms with Gasteiger partial charge in [-0.25, -0.2) is 9.97 Å². The average Bonchev–Trinajstić information content (AvgIpc) is 2.24. The Balaban J connectivity index is 2.82. The van der Waals surface area contributed by atoms with Crippen molar-refractivity contribution in [3.8, 4) is 0 Å². The third kappa shape index (κ3) is 3.97. The number of amides is 1. The van der Waals surface area contributed by atoms with Crippen molar-refractivity contribution in [1.29, 1.82) is 0 Å². The maximum Gasteiger partial charge on any atom is 0.238 e. The number of hydrogen-bond donors (Lipinski definition) is 1. The first kappa shape index (κ1) is 13.9. The van der Waals surface area contributed by atoms with Crippen LogP contribution in [0.25, 0.3) is 0 Å². The summed E-state index contributed by atoms with van der Waals surface area (Å²) in [4.78, 5) is 19.7. The number of rotatable bonds is 3. The molecule has 5 heteroatoms. The molecule has 1 amide bonds. The number of carbonyl (C=O) groups excluding carboxylic acids is 1. The largest absolute Gasteiger partial charge is 0.351 e. The van der Waals surface area contributed by atoms with E-state index < -0.39 is 5.38 Å². The topological polar surface area (TPSA) is 54.9 Å². The van der Waals surface area contributed by atoms with Crippen LogP contribution in [-0.2, 0) is 16.8 Å². The van der Waals surface area contributed by atoms with E-state index in [-0.39, 0.29) is 11.3 Å². The molecular formula is C12H18ClN3O. The summed E-state index contributed by atoms with van der Waals surface area (Å²) >= 11 is 5.68. The Bertz CT molecular complexity index is 399. The fourth-order valence-corrected chi connectivity index (χ4v) is 1.56. The highest BCUT2D eigenvalue weighted by Gasteiger charge is 2.20. The van der Waals surface area contributed by atoms with Crippen LogP contribution in [0.1, 0.15) is 39.0 Å². The second kappa shape index (κ2) is 5.45. The molecule has 0 bridgehead atoms. The normalized spacial score (nSPS) is 13.2. The standard InChI is InChI=1S/C12H18ClN3O/c1-8(13)11(17)15-6-9-5-14-7-16-10(9)12(2,3)4/h5,7-8H,6H2,1-4H3,(H,15,17). The van der Waals surface area contributed by atoms with Gasteiger partial charge in [0.15, 0.2) is 0 Å². The van der Waals surface area contributed by atoms with E-state index in [4.69, 9.17) is 11.6 Å². The molecule has 0 saturated carbocycles. The van der Waals surface area contributed by atoms with Gasteiger partial charge in [0.25, 0.3) is 0 Å². The summed E-state index contributed by atoms with van der Waals surface area (Å²) in [5, 5.41) is 2.23. The van der Waals surface area contributed by atoms with Crippen molar-refractivity contribution in [3.05, 3.63) is 23.8 Å². The number of aromatic nitrogens is 2. The first-order chi connectivity index (χ1) is 7.82. The molecule has 1 atom stereocenters. The van der Waals surface area contributed by atoms with E-state index in [1.54, 1.807) is 13.1 Å². The van der Waals surface area contributed by atoms with Gasteiger partial charge in [-0.3, -0.25) is 4.79 Å². The minimum absolute atomic E-state index is 0.0738. The SMILES string of the molecule is CC(Cl)C(=O)NCc1cncnc1C(C)(C)C. The summed E-state index contributed by atoms with van der Waals surface area (Å²) in [5.41, 5.74) is 1.79. The number of hydrogen-bond acceptors (Lipinski definition) is 3. The number of nitrogens with zero attached hydrogens (tertiary/aromatic N) is 2. The van der Waals surface area contributed by atoms with E-state index >= 15 is 0 Å². The summed E-state index contributed by atoms with van der Waals surface area (Å²) in [6.45, 7) is 8.27. The van der Waals surface area contributed by atoms with E-state index in [0.717, 1.165) is 11.3 Å². The molecule has 0 aromatic carbocycles. The molecule has 94 valence electrons. The third-order valence-corrected chi connectivity index (χ3v) is 2.51. The molecule has 1 rings (SSSR count). The Hall–Kier alpha value is -1.16. The minimum Gasteiger partial charge on any atom is -0.351 e. The first-order valence-electron chi connectivity index (χ1n) is 5.53. The molecule has 0 aliphatic rings. The van der Waals surface area contributed by atoms with Crippen LogP contribution in [0, 0.1) is 0 Å². The molecular weight excluding hydrogens is 238 g/mol. The van der Waals surface area contributed by atoms with Crippen molar-refractivity contribution in [1.82, 2.24) is 15.3 Å². The van der Waals surface area contributed by atoms with Crippen LogP contribution >= 0.6 is 11.6 Å². The molecule has 1 unspecified atom stereocenters. The van der Waals surface area contributed by atoms with Crippen LogP contribution in [-0.4, -0.2) is 21.3 Å². The van der Waals surface area contributed by atoms with Crippen molar-refractivity contribution in [2.45, 2.75) is 45.0 Å². The monoisotopic (exact) mass is 255 g/mol. The van der Waals surface area contributed by atoms with Gasteiger partial charge in [0, 0.05) is 23.7 Å². The zero-order valence-corrected chi connectivity index (χ0v) is 11.4. The maximum atomic E-state index is 11.4. The molecule has 0 fully saturated rings. The summed E-state index contributed by atoms with van der Waals surface area (Å²) in [7, 11) is 0. The lowest BCUT2D eigenvalue weighted by atomic mass is 9.89. The second-order valence-electron chi connectivity index (χ2n) is 4.98. The van der Waals surface area contributed by atoms with Crippen molar-refractivity contribution < 1.29 is 4.79 Å². The van der Waals surface area contributed by atoms with Crippen LogP contribution in [0.5, 0.6) is 0 Å². The summed E-state index contributed by atoms with van der Waals surface area (Å²) in [6, 6.07) is 0. The van der Waals surface area contributed by atoms with Crippen LogP contribution in [0.15, 0.2) is 12.5 Å². The average molecular weight is 256 g/mol. The van der Waals surface area contributed by atoms with E-state index in [9.17, 15) is 4.79 Å². The van der Waals surface area contributed by atoms with Gasteiger partial charge in [0.05, 0.1) is 5.69 Å². The molecule has 0 spiro atoms. The van der Waals surface area contributed by atoms with Crippen molar-refractivity contribution in [2.24, 2.45) is 0 Å². The smallest absolute Gasteiger partial charge is 0.238 e. The Kier molecular flexibility index (Phi) is 4.46. The molecule has 0 aliphatic heterocycles. The molecule has 0 aliphatic carbocycles. The summed E-state index contributed by atoms with van der Waals surface area (Å²) < 4.78 is 0.